The highest BCUT2D eigenvalue weighted by Gasteiger charge is 2.47. The van der Waals surface area contributed by atoms with Gasteiger partial charge in [0.2, 0.25) is 23.6 Å². The van der Waals surface area contributed by atoms with Gasteiger partial charge >= 0.3 is 0 Å². The van der Waals surface area contributed by atoms with Crippen LogP contribution in [0.3, 0.4) is 0 Å². The zero-order valence-electron chi connectivity index (χ0n) is 20.2. The number of hydrogen-bond donors (Lipinski definition) is 1. The lowest BCUT2D eigenvalue weighted by atomic mass is 9.85. The Balaban J connectivity index is 1.44. The van der Waals surface area contributed by atoms with E-state index >= 15 is 0 Å². The first-order chi connectivity index (χ1) is 16.3. The number of allylic oxidation sites excluding steroid dienone is 2. The van der Waals surface area contributed by atoms with E-state index < -0.39 is 6.04 Å². The summed E-state index contributed by atoms with van der Waals surface area (Å²) >= 11 is 0. The molecule has 1 saturated heterocycles. The molecule has 1 heterocycles. The summed E-state index contributed by atoms with van der Waals surface area (Å²) in [5, 5.41) is 3.10. The van der Waals surface area contributed by atoms with Gasteiger partial charge in [-0.2, -0.15) is 0 Å². The highest BCUT2D eigenvalue weighted by atomic mass is 16.2. The van der Waals surface area contributed by atoms with Gasteiger partial charge in [0.1, 0.15) is 6.04 Å². The summed E-state index contributed by atoms with van der Waals surface area (Å²) < 4.78 is 0. The molecule has 34 heavy (non-hydrogen) atoms. The summed E-state index contributed by atoms with van der Waals surface area (Å²) in [5.74, 6) is -1.34. The molecule has 0 aromatic heterocycles. The monoisotopic (exact) mass is 465 g/mol. The minimum absolute atomic E-state index is 0.0112. The van der Waals surface area contributed by atoms with Crippen molar-refractivity contribution >= 4 is 23.6 Å². The Morgan fingerprint density at radius 1 is 1.03 bits per heavy atom. The number of carbonyl (C=O) groups excluding carboxylic acids is 4. The number of carbonyl (C=O) groups is 4. The summed E-state index contributed by atoms with van der Waals surface area (Å²) in [5.41, 5.74) is 2.06. The van der Waals surface area contributed by atoms with Crippen molar-refractivity contribution in [2.24, 2.45) is 11.8 Å². The van der Waals surface area contributed by atoms with Crippen LogP contribution in [0.25, 0.3) is 0 Å². The van der Waals surface area contributed by atoms with Crippen LogP contribution in [-0.2, 0) is 25.7 Å². The maximum Gasteiger partial charge on any atom is 0.242 e. The Hall–Kier alpha value is -2.96. The van der Waals surface area contributed by atoms with Gasteiger partial charge in [-0.1, -0.05) is 54.8 Å². The summed E-state index contributed by atoms with van der Waals surface area (Å²) in [6, 6.07) is 7.41. The van der Waals surface area contributed by atoms with Crippen LogP contribution in [0.2, 0.25) is 0 Å². The van der Waals surface area contributed by atoms with Gasteiger partial charge < -0.3 is 10.2 Å². The number of fused-ring (bicyclic) bond motifs is 1. The smallest absolute Gasteiger partial charge is 0.242 e. The number of nitrogens with zero attached hydrogens (tertiary/aromatic N) is 2. The molecule has 0 bridgehead atoms. The van der Waals surface area contributed by atoms with Crippen molar-refractivity contribution < 1.29 is 19.2 Å². The molecule has 1 aromatic carbocycles. The van der Waals surface area contributed by atoms with Crippen molar-refractivity contribution in [2.75, 3.05) is 6.54 Å². The van der Waals surface area contributed by atoms with Crippen LogP contribution >= 0.6 is 0 Å². The van der Waals surface area contributed by atoms with Gasteiger partial charge in [-0.3, -0.25) is 24.1 Å². The molecule has 1 saturated carbocycles. The van der Waals surface area contributed by atoms with E-state index in [0.29, 0.717) is 19.4 Å². The highest BCUT2D eigenvalue weighted by molar-refractivity contribution is 6.05. The lowest BCUT2D eigenvalue weighted by molar-refractivity contribution is -0.144. The third kappa shape index (κ3) is 5.24. The number of benzene rings is 1. The summed E-state index contributed by atoms with van der Waals surface area (Å²) in [6.07, 6.45) is 9.25. The predicted molar refractivity (Wildman–Crippen MR) is 128 cm³/mol. The molecule has 1 N–H and O–H groups in total. The molecule has 2 fully saturated rings. The van der Waals surface area contributed by atoms with Crippen LogP contribution in [0, 0.1) is 18.8 Å². The van der Waals surface area contributed by atoms with Crippen LogP contribution in [0.5, 0.6) is 0 Å². The standard InChI is InChI=1S/C27H35N3O4/c1-18-11-13-20(14-12-18)17-30(19(2)25(32)28-21-7-3-4-8-21)24(31)15-16-29-26(33)22-9-5-6-10-23(22)27(29)34/h5-6,11-14,19,21-23H,3-4,7-10,15-17H2,1-2H3,(H,28,32)/t19?,22-,23+. The molecule has 1 aromatic rings. The van der Waals surface area contributed by atoms with Gasteiger partial charge in [-0.25, -0.2) is 0 Å². The second kappa shape index (κ2) is 10.5. The predicted octanol–water partition coefficient (Wildman–Crippen LogP) is 3.11. The Morgan fingerprint density at radius 3 is 2.21 bits per heavy atom. The van der Waals surface area contributed by atoms with Crippen LogP contribution < -0.4 is 5.32 Å². The molecule has 0 radical (unpaired) electrons. The van der Waals surface area contributed by atoms with E-state index in [4.69, 9.17) is 0 Å². The maximum absolute atomic E-state index is 13.4. The SMILES string of the molecule is Cc1ccc(CN(C(=O)CCN2C(=O)[C@H]3CC=CC[C@H]3C2=O)C(C)C(=O)NC2CCCC2)cc1. The Kier molecular flexibility index (Phi) is 7.49. The molecule has 4 rings (SSSR count). The average Bonchev–Trinajstić information content (AvgIpc) is 3.43. The van der Waals surface area contributed by atoms with Gasteiger partial charge in [0.15, 0.2) is 0 Å². The van der Waals surface area contributed by atoms with E-state index in [1.54, 1.807) is 11.8 Å². The second-order valence-corrected chi connectivity index (χ2v) is 9.91. The molecule has 1 unspecified atom stereocenters. The van der Waals surface area contributed by atoms with Crippen molar-refractivity contribution in [3.05, 3.63) is 47.5 Å². The van der Waals surface area contributed by atoms with Crippen LogP contribution in [-0.4, -0.2) is 52.1 Å². The normalized spacial score (nSPS) is 23.2. The summed E-state index contributed by atoms with van der Waals surface area (Å²) in [4.78, 5) is 54.7. The molecule has 2 aliphatic carbocycles. The fourth-order valence-electron chi connectivity index (χ4n) is 5.31. The fraction of sp³-hybridized carbons (Fsp3) is 0.556. The van der Waals surface area contributed by atoms with Crippen molar-refractivity contribution in [3.8, 4) is 0 Å². The number of amides is 4. The first kappa shape index (κ1) is 24.2. The van der Waals surface area contributed by atoms with Gasteiger partial charge in [0, 0.05) is 25.6 Å². The Labute approximate surface area is 201 Å². The number of aryl methyl sites for hydroxylation is 1. The van der Waals surface area contributed by atoms with E-state index in [0.717, 1.165) is 36.8 Å². The number of imide groups is 1. The second-order valence-electron chi connectivity index (χ2n) is 9.91. The summed E-state index contributed by atoms with van der Waals surface area (Å²) in [6.45, 7) is 4.12. The molecule has 1 aliphatic heterocycles. The van der Waals surface area contributed by atoms with Crippen LogP contribution in [0.1, 0.15) is 63.0 Å². The Bertz CT molecular complexity index is 939. The van der Waals surface area contributed by atoms with Crippen molar-refractivity contribution in [1.29, 1.82) is 0 Å². The third-order valence-electron chi connectivity index (χ3n) is 7.49. The number of likely N-dealkylation sites (tertiary alicyclic amines) is 1. The Morgan fingerprint density at radius 2 is 1.62 bits per heavy atom. The average molecular weight is 466 g/mol. The van der Waals surface area contributed by atoms with Gasteiger partial charge in [0.05, 0.1) is 11.8 Å². The quantitative estimate of drug-likeness (QED) is 0.472. The molecule has 182 valence electrons. The highest BCUT2D eigenvalue weighted by Crippen LogP contribution is 2.35. The first-order valence-corrected chi connectivity index (χ1v) is 12.5. The molecular formula is C27H35N3O4. The lowest BCUT2D eigenvalue weighted by Crippen LogP contribution is -2.50. The van der Waals surface area contributed by atoms with Gasteiger partial charge in [-0.15, -0.1) is 0 Å². The number of nitrogens with one attached hydrogen (secondary N) is 1. The van der Waals surface area contributed by atoms with Gasteiger partial charge in [-0.05, 0) is 45.1 Å². The lowest BCUT2D eigenvalue weighted by Gasteiger charge is -2.30. The molecule has 7 heteroatoms. The molecule has 3 aliphatic rings. The van der Waals surface area contributed by atoms with E-state index in [9.17, 15) is 19.2 Å². The third-order valence-corrected chi connectivity index (χ3v) is 7.49. The minimum Gasteiger partial charge on any atom is -0.352 e. The van der Waals surface area contributed by atoms with Crippen molar-refractivity contribution in [1.82, 2.24) is 15.1 Å². The largest absolute Gasteiger partial charge is 0.352 e. The molecular weight excluding hydrogens is 430 g/mol. The minimum atomic E-state index is -0.647. The molecule has 0 spiro atoms. The zero-order chi connectivity index (χ0) is 24.2. The molecule has 3 atom stereocenters. The first-order valence-electron chi connectivity index (χ1n) is 12.5. The van der Waals surface area contributed by atoms with Crippen LogP contribution in [0.15, 0.2) is 36.4 Å². The topological polar surface area (TPSA) is 86.8 Å². The molecule has 7 nitrogen and oxygen atoms in total. The van der Waals surface area contributed by atoms with Gasteiger partial charge in [0.25, 0.3) is 0 Å². The fourth-order valence-corrected chi connectivity index (χ4v) is 5.31. The maximum atomic E-state index is 13.4. The number of rotatable bonds is 8. The molecule has 4 amide bonds. The van der Waals surface area contributed by atoms with Crippen molar-refractivity contribution in [3.63, 3.8) is 0 Å². The number of hydrogen-bond acceptors (Lipinski definition) is 4. The van der Waals surface area contributed by atoms with E-state index in [2.05, 4.69) is 5.32 Å². The van der Waals surface area contributed by atoms with Crippen LogP contribution in [0.4, 0.5) is 0 Å². The van der Waals surface area contributed by atoms with Crippen molar-refractivity contribution in [2.45, 2.75) is 77.4 Å². The zero-order valence-corrected chi connectivity index (χ0v) is 20.2. The summed E-state index contributed by atoms with van der Waals surface area (Å²) in [7, 11) is 0. The van der Waals surface area contributed by atoms with E-state index in [1.165, 1.54) is 4.90 Å². The van der Waals surface area contributed by atoms with E-state index in [-0.39, 0.29) is 54.5 Å². The van der Waals surface area contributed by atoms with E-state index in [1.807, 2.05) is 43.3 Å².